The Morgan fingerprint density at radius 1 is 1.20 bits per heavy atom. The normalized spacial score (nSPS) is 14.5. The Hall–Kier alpha value is -2.60. The van der Waals surface area contributed by atoms with Crippen LogP contribution in [0.4, 0.5) is 20.6 Å². The van der Waals surface area contributed by atoms with Gasteiger partial charge in [-0.2, -0.15) is 0 Å². The van der Waals surface area contributed by atoms with Crippen molar-refractivity contribution >= 4 is 17.4 Å². The number of rotatable bonds is 4. The summed E-state index contributed by atoms with van der Waals surface area (Å²) in [5, 5.41) is 2.88. The van der Waals surface area contributed by atoms with Gasteiger partial charge in [0.2, 0.25) is 0 Å². The summed E-state index contributed by atoms with van der Waals surface area (Å²) in [6.07, 6.45) is 0. The lowest BCUT2D eigenvalue weighted by Gasteiger charge is -2.40. The van der Waals surface area contributed by atoms with Gasteiger partial charge in [-0.25, -0.2) is 9.18 Å². The Morgan fingerprint density at radius 3 is 2.48 bits per heavy atom. The van der Waals surface area contributed by atoms with E-state index in [0.29, 0.717) is 17.3 Å². The molecule has 3 rings (SSSR count). The molecule has 0 aliphatic carbocycles. The predicted octanol–water partition coefficient (Wildman–Crippen LogP) is 3.10. The van der Waals surface area contributed by atoms with Crippen molar-refractivity contribution in [3.05, 3.63) is 48.3 Å². The van der Waals surface area contributed by atoms with Crippen LogP contribution in [0.5, 0.6) is 0 Å². The van der Waals surface area contributed by atoms with E-state index >= 15 is 0 Å². The van der Waals surface area contributed by atoms with Crippen molar-refractivity contribution in [2.24, 2.45) is 5.92 Å². The highest BCUT2D eigenvalue weighted by molar-refractivity contribution is 5.94. The molecule has 1 saturated heterocycles. The van der Waals surface area contributed by atoms with E-state index in [2.05, 4.69) is 10.2 Å². The lowest BCUT2D eigenvalue weighted by Crippen LogP contribution is -2.54. The summed E-state index contributed by atoms with van der Waals surface area (Å²) < 4.78 is 13.1. The molecule has 0 atom stereocenters. The van der Waals surface area contributed by atoms with Gasteiger partial charge in [0.1, 0.15) is 5.82 Å². The van der Waals surface area contributed by atoms with E-state index in [9.17, 15) is 9.18 Å². The number of urea groups is 1. The number of nitrogen functional groups attached to an aromatic ring is 1. The van der Waals surface area contributed by atoms with Gasteiger partial charge in [-0.15, -0.1) is 0 Å². The first-order valence-corrected chi connectivity index (χ1v) is 8.28. The van der Waals surface area contributed by atoms with E-state index < -0.39 is 0 Å². The summed E-state index contributed by atoms with van der Waals surface area (Å²) in [5.41, 5.74) is 8.81. The van der Waals surface area contributed by atoms with E-state index in [-0.39, 0.29) is 11.8 Å². The number of nitrogens with zero attached hydrogens (tertiary/aromatic N) is 2. The standard InChI is InChI=1S/C19H23FN4O/c1-23(2)10-13-11-24(12-13)19(25)22-18-9-15(5-8-17(18)21)14-3-6-16(20)7-4-14/h3-9,13H,10-12,21H2,1-2H3,(H,22,25). The van der Waals surface area contributed by atoms with Crippen molar-refractivity contribution in [1.82, 2.24) is 9.80 Å². The monoisotopic (exact) mass is 342 g/mol. The average molecular weight is 342 g/mol. The molecule has 25 heavy (non-hydrogen) atoms. The minimum absolute atomic E-state index is 0.141. The maximum Gasteiger partial charge on any atom is 0.321 e. The third kappa shape index (κ3) is 4.09. The number of nitrogens with one attached hydrogen (secondary N) is 1. The second-order valence-corrected chi connectivity index (χ2v) is 6.77. The van der Waals surface area contributed by atoms with E-state index in [1.165, 1.54) is 12.1 Å². The first-order chi connectivity index (χ1) is 11.9. The zero-order valence-electron chi connectivity index (χ0n) is 14.5. The van der Waals surface area contributed by atoms with Crippen LogP contribution in [0.25, 0.3) is 11.1 Å². The number of amides is 2. The topological polar surface area (TPSA) is 61.6 Å². The van der Waals surface area contributed by atoms with Crippen molar-refractivity contribution in [1.29, 1.82) is 0 Å². The number of carbonyl (C=O) groups excluding carboxylic acids is 1. The number of hydrogen-bond donors (Lipinski definition) is 2. The summed E-state index contributed by atoms with van der Waals surface area (Å²) in [6, 6.07) is 11.5. The first-order valence-electron chi connectivity index (χ1n) is 8.28. The highest BCUT2D eigenvalue weighted by Crippen LogP contribution is 2.28. The van der Waals surface area contributed by atoms with Gasteiger partial charge in [0.15, 0.2) is 0 Å². The lowest BCUT2D eigenvalue weighted by atomic mass is 10.0. The molecule has 1 heterocycles. The molecule has 0 unspecified atom stereocenters. The van der Waals surface area contributed by atoms with Crippen LogP contribution in [0.1, 0.15) is 0 Å². The van der Waals surface area contributed by atoms with Gasteiger partial charge in [-0.05, 0) is 49.5 Å². The van der Waals surface area contributed by atoms with E-state index in [1.807, 2.05) is 26.2 Å². The van der Waals surface area contributed by atoms with Crippen LogP contribution in [0, 0.1) is 11.7 Å². The van der Waals surface area contributed by atoms with Gasteiger partial charge in [-0.1, -0.05) is 18.2 Å². The van der Waals surface area contributed by atoms with Crippen LogP contribution in [0.3, 0.4) is 0 Å². The van der Waals surface area contributed by atoms with Gasteiger partial charge in [0.05, 0.1) is 11.4 Å². The smallest absolute Gasteiger partial charge is 0.321 e. The number of likely N-dealkylation sites (tertiary alicyclic amines) is 1. The second kappa shape index (κ2) is 7.11. The van der Waals surface area contributed by atoms with Gasteiger partial charge < -0.3 is 20.9 Å². The number of halogens is 1. The Balaban J connectivity index is 1.67. The third-order valence-corrected chi connectivity index (χ3v) is 4.34. The summed E-state index contributed by atoms with van der Waals surface area (Å²) in [4.78, 5) is 16.3. The van der Waals surface area contributed by atoms with Crippen LogP contribution in [0.15, 0.2) is 42.5 Å². The van der Waals surface area contributed by atoms with Crippen molar-refractivity contribution < 1.29 is 9.18 Å². The van der Waals surface area contributed by atoms with E-state index in [4.69, 9.17) is 5.73 Å². The molecule has 132 valence electrons. The maximum absolute atomic E-state index is 13.1. The molecular formula is C19H23FN4O. The summed E-state index contributed by atoms with van der Waals surface area (Å²) >= 11 is 0. The highest BCUT2D eigenvalue weighted by Gasteiger charge is 2.31. The average Bonchev–Trinajstić information content (AvgIpc) is 2.53. The van der Waals surface area contributed by atoms with Crippen LogP contribution in [0.2, 0.25) is 0 Å². The first kappa shape index (κ1) is 17.2. The van der Waals surface area contributed by atoms with Crippen LogP contribution >= 0.6 is 0 Å². The van der Waals surface area contributed by atoms with Crippen molar-refractivity contribution in [3.63, 3.8) is 0 Å². The molecule has 0 spiro atoms. The molecule has 2 aromatic carbocycles. The molecule has 0 bridgehead atoms. The molecule has 2 aromatic rings. The molecule has 0 aromatic heterocycles. The molecule has 0 radical (unpaired) electrons. The Labute approximate surface area is 147 Å². The summed E-state index contributed by atoms with van der Waals surface area (Å²) in [5.74, 6) is 0.237. The molecule has 2 amide bonds. The molecule has 1 aliphatic heterocycles. The van der Waals surface area contributed by atoms with Crippen molar-refractivity contribution in [3.8, 4) is 11.1 Å². The minimum atomic E-state index is -0.280. The van der Waals surface area contributed by atoms with Gasteiger partial charge in [-0.3, -0.25) is 0 Å². The van der Waals surface area contributed by atoms with E-state index in [1.54, 1.807) is 23.1 Å². The molecule has 0 saturated carbocycles. The third-order valence-electron chi connectivity index (χ3n) is 4.34. The lowest BCUT2D eigenvalue weighted by molar-refractivity contribution is 0.111. The van der Waals surface area contributed by atoms with Gasteiger partial charge in [0, 0.05) is 25.6 Å². The second-order valence-electron chi connectivity index (χ2n) is 6.77. The van der Waals surface area contributed by atoms with Crippen LogP contribution in [-0.4, -0.2) is 49.6 Å². The fourth-order valence-corrected chi connectivity index (χ4v) is 3.05. The SMILES string of the molecule is CN(C)CC1CN(C(=O)Nc2cc(-c3ccc(F)cc3)ccc2N)C1. The minimum Gasteiger partial charge on any atom is -0.397 e. The number of anilines is 2. The molecule has 1 fully saturated rings. The maximum atomic E-state index is 13.1. The molecule has 5 nitrogen and oxygen atoms in total. The van der Waals surface area contributed by atoms with Crippen LogP contribution < -0.4 is 11.1 Å². The zero-order valence-corrected chi connectivity index (χ0v) is 14.5. The zero-order chi connectivity index (χ0) is 18.0. The number of nitrogens with two attached hydrogens (primary N) is 1. The quantitative estimate of drug-likeness (QED) is 0.840. The van der Waals surface area contributed by atoms with Gasteiger partial charge in [0.25, 0.3) is 0 Å². The Kier molecular flexibility index (Phi) is 4.90. The Bertz CT molecular complexity index is 755. The number of hydrogen-bond acceptors (Lipinski definition) is 3. The Morgan fingerprint density at radius 2 is 1.84 bits per heavy atom. The fourth-order valence-electron chi connectivity index (χ4n) is 3.05. The summed E-state index contributed by atoms with van der Waals surface area (Å²) in [7, 11) is 4.06. The number of benzene rings is 2. The predicted molar refractivity (Wildman–Crippen MR) is 98.9 cm³/mol. The van der Waals surface area contributed by atoms with E-state index in [0.717, 1.165) is 30.8 Å². The highest BCUT2D eigenvalue weighted by atomic mass is 19.1. The largest absolute Gasteiger partial charge is 0.397 e. The molecular weight excluding hydrogens is 319 g/mol. The molecule has 1 aliphatic rings. The van der Waals surface area contributed by atoms with Crippen molar-refractivity contribution in [2.75, 3.05) is 44.8 Å². The number of carbonyl (C=O) groups is 1. The molecule has 3 N–H and O–H groups in total. The van der Waals surface area contributed by atoms with Crippen molar-refractivity contribution in [2.45, 2.75) is 0 Å². The van der Waals surface area contributed by atoms with Gasteiger partial charge >= 0.3 is 6.03 Å². The fraction of sp³-hybridized carbons (Fsp3) is 0.316. The van der Waals surface area contributed by atoms with Crippen LogP contribution in [-0.2, 0) is 0 Å². The molecule has 6 heteroatoms. The summed E-state index contributed by atoms with van der Waals surface area (Å²) in [6.45, 7) is 2.48.